The van der Waals surface area contributed by atoms with Crippen molar-refractivity contribution in [3.63, 3.8) is 0 Å². The monoisotopic (exact) mass is 607 g/mol. The highest BCUT2D eigenvalue weighted by molar-refractivity contribution is 6.01. The van der Waals surface area contributed by atoms with E-state index in [0.29, 0.717) is 42.7 Å². The number of hydrogen-bond donors (Lipinski definition) is 2. The second kappa shape index (κ2) is 10.4. The number of aromatic hydroxyl groups is 1. The molecule has 0 amide bonds. The van der Waals surface area contributed by atoms with Crippen LogP contribution in [-0.2, 0) is 0 Å². The van der Waals surface area contributed by atoms with E-state index in [1.165, 1.54) is 24.3 Å². The Morgan fingerprint density at radius 1 is 1.00 bits per heavy atom. The maximum absolute atomic E-state index is 16.7. The summed E-state index contributed by atoms with van der Waals surface area (Å²) in [6, 6.07) is 8.34. The number of fused-ring (bicyclic) bond motifs is 4. The summed E-state index contributed by atoms with van der Waals surface area (Å²) in [4.78, 5) is 13.6. The van der Waals surface area contributed by atoms with E-state index < -0.39 is 29.2 Å². The van der Waals surface area contributed by atoms with Crippen molar-refractivity contribution in [3.05, 3.63) is 53.8 Å². The van der Waals surface area contributed by atoms with Gasteiger partial charge in [-0.25, -0.2) is 17.6 Å². The molecule has 0 saturated carbocycles. The highest BCUT2D eigenvalue weighted by Crippen LogP contribution is 2.42. The number of alkyl halides is 1. The first kappa shape index (κ1) is 27.8. The van der Waals surface area contributed by atoms with Gasteiger partial charge >= 0.3 is 6.01 Å². The van der Waals surface area contributed by atoms with Gasteiger partial charge in [-0.2, -0.15) is 9.97 Å². The number of piperidine rings is 1. The third-order valence-corrected chi connectivity index (χ3v) is 10.2. The van der Waals surface area contributed by atoms with Crippen LogP contribution in [-0.4, -0.2) is 77.1 Å². The lowest BCUT2D eigenvalue weighted by atomic mass is 9.94. The fourth-order valence-electron chi connectivity index (χ4n) is 8.10. The van der Waals surface area contributed by atoms with E-state index in [0.717, 1.165) is 51.4 Å². The second-order valence-electron chi connectivity index (χ2n) is 12.8. The Balaban J connectivity index is 1.26. The quantitative estimate of drug-likeness (QED) is 0.282. The van der Waals surface area contributed by atoms with Crippen molar-refractivity contribution in [2.45, 2.75) is 49.9 Å². The molecular weight excluding hydrogens is 574 g/mol. The summed E-state index contributed by atoms with van der Waals surface area (Å²) >= 11 is 0. The van der Waals surface area contributed by atoms with Crippen LogP contribution in [0.2, 0.25) is 0 Å². The van der Waals surface area contributed by atoms with E-state index in [9.17, 15) is 13.9 Å². The number of rotatable bonds is 5. The zero-order valence-electron chi connectivity index (χ0n) is 24.1. The molecule has 230 valence electrons. The van der Waals surface area contributed by atoms with E-state index in [-0.39, 0.29) is 45.8 Å². The van der Waals surface area contributed by atoms with Crippen LogP contribution >= 0.6 is 0 Å². The van der Waals surface area contributed by atoms with Gasteiger partial charge in [0.15, 0.2) is 17.5 Å². The van der Waals surface area contributed by atoms with E-state index in [1.54, 1.807) is 6.07 Å². The standard InChI is InChI=1S/C33H33F4N5O2/c34-20-13-33(8-2-10-42(33)15-20)17-44-32-39-30-23(31(40-32)41-14-19-3-1-9-38-26(19)16-41)6-5-22(28(30)36)24-12-21(43)11-18-4-7-25(35)29(37)27(18)24/h4-7,11-12,19-20,26,38,43H,1-3,8-10,13-17H2/t19-,20-,26+,33+/m1/s1. The normalized spacial score (nSPS) is 26.9. The first-order valence-electron chi connectivity index (χ1n) is 15.4. The van der Waals surface area contributed by atoms with Gasteiger partial charge in [0.05, 0.1) is 5.54 Å². The molecule has 0 unspecified atom stereocenters. The van der Waals surface area contributed by atoms with Gasteiger partial charge in [-0.15, -0.1) is 0 Å². The molecule has 44 heavy (non-hydrogen) atoms. The largest absolute Gasteiger partial charge is 0.508 e. The average molecular weight is 608 g/mol. The van der Waals surface area contributed by atoms with Gasteiger partial charge in [0.25, 0.3) is 0 Å². The van der Waals surface area contributed by atoms with Crippen molar-refractivity contribution < 1.29 is 27.4 Å². The van der Waals surface area contributed by atoms with Crippen molar-refractivity contribution >= 4 is 27.5 Å². The van der Waals surface area contributed by atoms with Gasteiger partial charge < -0.3 is 20.1 Å². The lowest BCUT2D eigenvalue weighted by molar-refractivity contribution is 0.107. The van der Waals surface area contributed by atoms with Crippen LogP contribution in [0, 0.1) is 23.4 Å². The maximum Gasteiger partial charge on any atom is 0.319 e. The van der Waals surface area contributed by atoms with Crippen molar-refractivity contribution in [1.29, 1.82) is 0 Å². The molecule has 1 aromatic heterocycles. The molecule has 4 fully saturated rings. The average Bonchev–Trinajstić information content (AvgIpc) is 3.69. The number of phenols is 1. The van der Waals surface area contributed by atoms with Gasteiger partial charge in [0.1, 0.15) is 29.9 Å². The van der Waals surface area contributed by atoms with Crippen molar-refractivity contribution in [2.75, 3.05) is 44.2 Å². The Morgan fingerprint density at radius 3 is 2.75 bits per heavy atom. The summed E-state index contributed by atoms with van der Waals surface area (Å²) in [5.74, 6) is -2.19. The third kappa shape index (κ3) is 4.46. The molecule has 0 aliphatic carbocycles. The Morgan fingerprint density at radius 2 is 1.89 bits per heavy atom. The number of benzene rings is 3. The van der Waals surface area contributed by atoms with Crippen LogP contribution in [0.4, 0.5) is 23.4 Å². The lowest BCUT2D eigenvalue weighted by Gasteiger charge is -2.31. The maximum atomic E-state index is 16.7. The number of phenolic OH excluding ortho intramolecular Hbond substituents is 1. The molecule has 2 N–H and O–H groups in total. The van der Waals surface area contributed by atoms with Crippen molar-refractivity contribution in [3.8, 4) is 22.9 Å². The van der Waals surface area contributed by atoms with Crippen LogP contribution in [0.25, 0.3) is 32.8 Å². The Kier molecular flexibility index (Phi) is 6.60. The van der Waals surface area contributed by atoms with Crippen LogP contribution in [0.1, 0.15) is 32.1 Å². The second-order valence-corrected chi connectivity index (χ2v) is 12.8. The Hall–Kier alpha value is -3.70. The summed E-state index contributed by atoms with van der Waals surface area (Å²) in [7, 11) is 0. The molecule has 3 aromatic carbocycles. The molecule has 4 atom stereocenters. The summed E-state index contributed by atoms with van der Waals surface area (Å²) in [6.07, 6.45) is 3.40. The van der Waals surface area contributed by atoms with E-state index in [2.05, 4.69) is 20.1 Å². The van der Waals surface area contributed by atoms with E-state index in [4.69, 9.17) is 9.72 Å². The predicted molar refractivity (Wildman–Crippen MR) is 159 cm³/mol. The minimum Gasteiger partial charge on any atom is -0.508 e. The minimum atomic E-state index is -1.13. The molecule has 8 rings (SSSR count). The summed E-state index contributed by atoms with van der Waals surface area (Å²) in [5, 5.41) is 14.6. The number of nitrogens with zero attached hydrogens (tertiary/aromatic N) is 4. The highest BCUT2D eigenvalue weighted by atomic mass is 19.2. The first-order valence-corrected chi connectivity index (χ1v) is 15.4. The van der Waals surface area contributed by atoms with Gasteiger partial charge in [-0.3, -0.25) is 4.90 Å². The highest BCUT2D eigenvalue weighted by Gasteiger charge is 2.49. The lowest BCUT2D eigenvalue weighted by Crippen LogP contribution is -2.43. The van der Waals surface area contributed by atoms with E-state index in [1.807, 2.05) is 0 Å². The van der Waals surface area contributed by atoms with E-state index >= 15 is 8.78 Å². The van der Waals surface area contributed by atoms with Gasteiger partial charge in [0.2, 0.25) is 0 Å². The molecule has 4 aliphatic heterocycles. The van der Waals surface area contributed by atoms with Crippen LogP contribution in [0.3, 0.4) is 0 Å². The number of hydrogen-bond acceptors (Lipinski definition) is 7. The first-order chi connectivity index (χ1) is 21.3. The van der Waals surface area contributed by atoms with Gasteiger partial charge in [0, 0.05) is 48.4 Å². The Bertz CT molecular complexity index is 1780. The zero-order valence-corrected chi connectivity index (χ0v) is 24.1. The van der Waals surface area contributed by atoms with Crippen molar-refractivity contribution in [1.82, 2.24) is 20.2 Å². The summed E-state index contributed by atoms with van der Waals surface area (Å²) in [5.41, 5.74) is -0.482. The molecule has 11 heteroatoms. The molecule has 4 saturated heterocycles. The summed E-state index contributed by atoms with van der Waals surface area (Å²) in [6.45, 7) is 3.77. The molecule has 5 heterocycles. The van der Waals surface area contributed by atoms with Crippen LogP contribution < -0.4 is 15.0 Å². The molecule has 4 aliphatic rings. The topological polar surface area (TPSA) is 73.8 Å². The fraction of sp³-hybridized carbons (Fsp3) is 0.455. The zero-order chi connectivity index (χ0) is 30.2. The third-order valence-electron chi connectivity index (χ3n) is 10.2. The summed E-state index contributed by atoms with van der Waals surface area (Å²) < 4.78 is 66.7. The molecule has 0 bridgehead atoms. The Labute approximate surface area is 251 Å². The smallest absolute Gasteiger partial charge is 0.319 e. The van der Waals surface area contributed by atoms with Gasteiger partial charge in [-0.1, -0.05) is 12.1 Å². The SMILES string of the molecule is Oc1cc(-c2ccc3c(N4C[C@H]5CCCN[C@H]5C4)nc(OC[C@@]45CCCN4C[C@H](F)C5)nc3c2F)c2c(F)c(F)ccc2c1. The molecule has 0 radical (unpaired) electrons. The number of anilines is 1. The van der Waals surface area contributed by atoms with Crippen LogP contribution in [0.5, 0.6) is 11.8 Å². The molecule has 4 aromatic rings. The molecular formula is C33H33F4N5O2. The predicted octanol–water partition coefficient (Wildman–Crippen LogP) is 5.72. The van der Waals surface area contributed by atoms with Crippen molar-refractivity contribution in [2.24, 2.45) is 5.92 Å². The molecule has 7 nitrogen and oxygen atoms in total. The minimum absolute atomic E-state index is 0.00657. The molecule has 0 spiro atoms. The number of aromatic nitrogens is 2. The number of nitrogens with one attached hydrogen (secondary N) is 1. The van der Waals surface area contributed by atoms with Crippen LogP contribution in [0.15, 0.2) is 36.4 Å². The number of ether oxygens (including phenoxy) is 1. The van der Waals surface area contributed by atoms with Gasteiger partial charge in [-0.05, 0) is 79.9 Å². The fourth-order valence-corrected chi connectivity index (χ4v) is 8.10. The number of halogens is 4.